The molecule has 1 radical (unpaired) electrons. The van der Waals surface area contributed by atoms with E-state index in [2.05, 4.69) is 24.3 Å². The van der Waals surface area contributed by atoms with Crippen molar-refractivity contribution in [2.24, 2.45) is 0 Å². The fourth-order valence-corrected chi connectivity index (χ4v) is 0.521. The first-order valence-electron chi connectivity index (χ1n) is 2.48. The Kier molecular flexibility index (Phi) is 5.51. The minimum Gasteiger partial charge on any atom is -0.0807 e. The maximum Gasteiger partial charge on any atom is 0 e. The van der Waals surface area contributed by atoms with Gasteiger partial charge in [0.1, 0.15) is 0 Å². The molecule has 0 aromatic heterocycles. The van der Waals surface area contributed by atoms with E-state index in [0.717, 1.165) is 6.42 Å². The molecule has 0 saturated carbocycles. The predicted molar refractivity (Wildman–Crippen MR) is 37.8 cm³/mol. The first kappa shape index (κ1) is 8.22. The van der Waals surface area contributed by atoms with Crippen LogP contribution >= 0.6 is 0 Å². The van der Waals surface area contributed by atoms with Crippen LogP contribution in [-0.4, -0.2) is 29.6 Å². The first-order chi connectivity index (χ1) is 3.50. The minimum atomic E-state index is 0. The Labute approximate surface area is 72.3 Å². The molecule has 0 aromatic rings. The van der Waals surface area contributed by atoms with Crippen molar-refractivity contribution in [2.75, 3.05) is 0 Å². The number of hydrogen-bond acceptors (Lipinski definition) is 0. The van der Waals surface area contributed by atoms with E-state index in [0.29, 0.717) is 0 Å². The second-order valence-corrected chi connectivity index (χ2v) is 1.48. The van der Waals surface area contributed by atoms with Crippen LogP contribution in [0.1, 0.15) is 6.42 Å². The zero-order valence-electron chi connectivity index (χ0n) is 5.17. The fraction of sp³-hybridized carbons (Fsp3) is 0.143. The molecule has 0 spiro atoms. The Bertz CT molecular complexity index is 106. The summed E-state index contributed by atoms with van der Waals surface area (Å²) in [6, 6.07) is 0. The topological polar surface area (TPSA) is 0 Å². The predicted octanol–water partition coefficient (Wildman–Crippen LogP) is 1.68. The van der Waals surface area contributed by atoms with Crippen LogP contribution in [0.3, 0.4) is 0 Å². The quantitative estimate of drug-likeness (QED) is 0.421. The molecule has 0 fully saturated rings. The molecule has 0 aromatic carbocycles. The van der Waals surface area contributed by atoms with Crippen LogP contribution in [0.2, 0.25) is 0 Å². The van der Waals surface area contributed by atoms with Gasteiger partial charge in [-0.25, -0.2) is 0 Å². The zero-order chi connectivity index (χ0) is 4.95. The van der Waals surface area contributed by atoms with Gasteiger partial charge in [-0.05, 0) is 6.42 Å². The smallest absolute Gasteiger partial charge is 0 e. The summed E-state index contributed by atoms with van der Waals surface area (Å²) in [7, 11) is 0. The molecule has 0 N–H and O–H groups in total. The Balaban J connectivity index is 0.000000490. The van der Waals surface area contributed by atoms with Crippen molar-refractivity contribution in [3.05, 3.63) is 36.5 Å². The maximum atomic E-state index is 2.12. The summed E-state index contributed by atoms with van der Waals surface area (Å²) in [6.45, 7) is 0. The van der Waals surface area contributed by atoms with Gasteiger partial charge >= 0.3 is 0 Å². The van der Waals surface area contributed by atoms with Crippen molar-refractivity contribution in [3.63, 3.8) is 0 Å². The van der Waals surface area contributed by atoms with Crippen molar-refractivity contribution in [3.8, 4) is 0 Å². The van der Waals surface area contributed by atoms with Gasteiger partial charge in [0.2, 0.25) is 0 Å². The molecule has 0 atom stereocenters. The summed E-state index contributed by atoms with van der Waals surface area (Å²) >= 11 is 0. The van der Waals surface area contributed by atoms with Gasteiger partial charge in [0.15, 0.2) is 0 Å². The average Bonchev–Trinajstić information content (AvgIpc) is 1.90. The molecule has 1 heteroatoms. The van der Waals surface area contributed by atoms with E-state index >= 15 is 0 Å². The fourth-order valence-electron chi connectivity index (χ4n) is 0.521. The van der Waals surface area contributed by atoms with Crippen LogP contribution in [0, 0.1) is 0 Å². The molecule has 1 rings (SSSR count). The molecule has 37 valence electrons. The van der Waals surface area contributed by atoms with Crippen LogP contribution in [0.25, 0.3) is 0 Å². The van der Waals surface area contributed by atoms with Crippen molar-refractivity contribution >= 4 is 29.6 Å². The summed E-state index contributed by atoms with van der Waals surface area (Å²) in [6.07, 6.45) is 13.5. The van der Waals surface area contributed by atoms with E-state index < -0.39 is 0 Å². The molecule has 0 bridgehead atoms. The molecular formula is C7H8Na. The largest absolute Gasteiger partial charge is 0.0807 e. The number of rotatable bonds is 0. The van der Waals surface area contributed by atoms with E-state index in [1.165, 1.54) is 0 Å². The second kappa shape index (κ2) is 5.36. The normalized spacial score (nSPS) is 15.0. The summed E-state index contributed by atoms with van der Waals surface area (Å²) < 4.78 is 0. The van der Waals surface area contributed by atoms with Crippen LogP contribution in [0.15, 0.2) is 36.5 Å². The Morgan fingerprint density at radius 2 is 1.25 bits per heavy atom. The van der Waals surface area contributed by atoms with Crippen molar-refractivity contribution in [2.45, 2.75) is 6.42 Å². The summed E-state index contributed by atoms with van der Waals surface area (Å²) in [5.74, 6) is 0. The van der Waals surface area contributed by atoms with Gasteiger partial charge in [-0.2, -0.15) is 0 Å². The zero-order valence-corrected chi connectivity index (χ0v) is 7.17. The average molecular weight is 115 g/mol. The second-order valence-electron chi connectivity index (χ2n) is 1.48. The van der Waals surface area contributed by atoms with Crippen molar-refractivity contribution in [1.82, 2.24) is 0 Å². The van der Waals surface area contributed by atoms with Crippen LogP contribution in [-0.2, 0) is 0 Å². The van der Waals surface area contributed by atoms with E-state index in [4.69, 9.17) is 0 Å². The van der Waals surface area contributed by atoms with E-state index in [1.54, 1.807) is 0 Å². The molecule has 0 nitrogen and oxygen atoms in total. The Hall–Kier alpha value is 0.220. The molecule has 8 heavy (non-hydrogen) atoms. The molecule has 1 aliphatic carbocycles. The van der Waals surface area contributed by atoms with E-state index in [9.17, 15) is 0 Å². The van der Waals surface area contributed by atoms with Crippen molar-refractivity contribution < 1.29 is 0 Å². The molecule has 0 unspecified atom stereocenters. The Morgan fingerprint density at radius 3 is 1.75 bits per heavy atom. The van der Waals surface area contributed by atoms with Gasteiger partial charge in [0.05, 0.1) is 0 Å². The van der Waals surface area contributed by atoms with Crippen LogP contribution < -0.4 is 0 Å². The van der Waals surface area contributed by atoms with E-state index in [-0.39, 0.29) is 29.6 Å². The molecular weight excluding hydrogens is 107 g/mol. The third-order valence-corrected chi connectivity index (χ3v) is 0.878. The van der Waals surface area contributed by atoms with Gasteiger partial charge in [0.25, 0.3) is 0 Å². The monoisotopic (exact) mass is 115 g/mol. The third-order valence-electron chi connectivity index (χ3n) is 0.878. The van der Waals surface area contributed by atoms with Crippen LogP contribution in [0.4, 0.5) is 0 Å². The molecule has 0 amide bonds. The SMILES string of the molecule is C1=CC=CCC=C1.[Na]. The summed E-state index contributed by atoms with van der Waals surface area (Å²) in [5, 5.41) is 0. The van der Waals surface area contributed by atoms with Gasteiger partial charge in [-0.3, -0.25) is 0 Å². The third kappa shape index (κ3) is 3.25. The van der Waals surface area contributed by atoms with Gasteiger partial charge < -0.3 is 0 Å². The van der Waals surface area contributed by atoms with Gasteiger partial charge in [-0.15, -0.1) is 0 Å². The first-order valence-corrected chi connectivity index (χ1v) is 2.48. The minimum absolute atomic E-state index is 0. The van der Waals surface area contributed by atoms with E-state index in [1.807, 2.05) is 12.2 Å². The molecule has 1 aliphatic rings. The van der Waals surface area contributed by atoms with Gasteiger partial charge in [0, 0.05) is 29.6 Å². The molecule has 0 heterocycles. The Morgan fingerprint density at radius 1 is 0.750 bits per heavy atom. The number of hydrogen-bond donors (Lipinski definition) is 0. The maximum absolute atomic E-state index is 2.12. The number of allylic oxidation sites excluding steroid dienone is 6. The van der Waals surface area contributed by atoms with Crippen LogP contribution in [0.5, 0.6) is 0 Å². The van der Waals surface area contributed by atoms with Crippen molar-refractivity contribution in [1.29, 1.82) is 0 Å². The van der Waals surface area contributed by atoms with Gasteiger partial charge in [-0.1, -0.05) is 36.5 Å². The molecule has 0 saturated heterocycles. The summed E-state index contributed by atoms with van der Waals surface area (Å²) in [5.41, 5.74) is 0. The molecule has 0 aliphatic heterocycles. The summed E-state index contributed by atoms with van der Waals surface area (Å²) in [4.78, 5) is 0. The standard InChI is InChI=1S/C7H8.Na/c1-2-4-6-7-5-3-1;/h1-6H,7H2;.